The molecule has 0 fully saturated rings. The highest BCUT2D eigenvalue weighted by Gasteiger charge is 2.20. The first kappa shape index (κ1) is 14.1. The van der Waals surface area contributed by atoms with E-state index in [1.165, 1.54) is 11.3 Å². The summed E-state index contributed by atoms with van der Waals surface area (Å²) in [5, 5.41) is 3.38. The van der Waals surface area contributed by atoms with Crippen molar-refractivity contribution in [2.75, 3.05) is 20.8 Å². The van der Waals surface area contributed by atoms with Gasteiger partial charge >= 0.3 is 0 Å². The Labute approximate surface area is 105 Å². The van der Waals surface area contributed by atoms with Crippen molar-refractivity contribution in [1.82, 2.24) is 10.3 Å². The van der Waals surface area contributed by atoms with Crippen molar-refractivity contribution < 1.29 is 4.74 Å². The normalized spacial score (nSPS) is 14.6. The summed E-state index contributed by atoms with van der Waals surface area (Å²) in [5.74, 6) is 0.514. The van der Waals surface area contributed by atoms with Gasteiger partial charge in [-0.05, 0) is 37.4 Å². The third-order valence-corrected chi connectivity index (χ3v) is 3.26. The lowest BCUT2D eigenvalue weighted by Crippen LogP contribution is -2.26. The molecule has 0 bridgehead atoms. The van der Waals surface area contributed by atoms with E-state index in [2.05, 4.69) is 30.2 Å². The van der Waals surface area contributed by atoms with Gasteiger partial charge in [0.2, 0.25) is 0 Å². The topological polar surface area (TPSA) is 34.2 Å². The van der Waals surface area contributed by atoms with Crippen molar-refractivity contribution in [3.05, 3.63) is 29.6 Å². The zero-order chi connectivity index (χ0) is 12.7. The summed E-state index contributed by atoms with van der Waals surface area (Å²) in [4.78, 5) is 4.55. The third kappa shape index (κ3) is 3.79. The summed E-state index contributed by atoms with van der Waals surface area (Å²) in [6.07, 6.45) is 3.95. The highest BCUT2D eigenvalue weighted by Crippen LogP contribution is 2.25. The Morgan fingerprint density at radius 2 is 2.24 bits per heavy atom. The molecule has 0 aliphatic carbocycles. The Morgan fingerprint density at radius 1 is 1.47 bits per heavy atom. The lowest BCUT2D eigenvalue weighted by Gasteiger charge is -2.24. The molecule has 0 saturated heterocycles. The first-order valence-electron chi connectivity index (χ1n) is 6.34. The van der Waals surface area contributed by atoms with Crippen LogP contribution in [0.5, 0.6) is 0 Å². The van der Waals surface area contributed by atoms with Crippen LogP contribution in [0.2, 0.25) is 0 Å². The van der Waals surface area contributed by atoms with Gasteiger partial charge in [-0.1, -0.05) is 19.9 Å². The SMILES string of the molecule is CCc1cccnc1C(NC)C(C)CCOC. The van der Waals surface area contributed by atoms with Crippen LogP contribution in [0.1, 0.15) is 37.6 Å². The maximum absolute atomic E-state index is 5.15. The molecule has 0 aliphatic heterocycles. The Morgan fingerprint density at radius 3 is 2.82 bits per heavy atom. The van der Waals surface area contributed by atoms with Gasteiger partial charge < -0.3 is 10.1 Å². The minimum atomic E-state index is 0.307. The summed E-state index contributed by atoms with van der Waals surface area (Å²) < 4.78 is 5.15. The number of ether oxygens (including phenoxy) is 1. The van der Waals surface area contributed by atoms with Crippen LogP contribution in [0.4, 0.5) is 0 Å². The first-order chi connectivity index (χ1) is 8.24. The number of pyridine rings is 1. The molecule has 3 nitrogen and oxygen atoms in total. The maximum atomic E-state index is 5.15. The van der Waals surface area contributed by atoms with E-state index in [0.29, 0.717) is 12.0 Å². The summed E-state index contributed by atoms with van der Waals surface area (Å²) in [6, 6.07) is 4.48. The van der Waals surface area contributed by atoms with Gasteiger partial charge in [0.15, 0.2) is 0 Å². The van der Waals surface area contributed by atoms with Crippen molar-refractivity contribution >= 4 is 0 Å². The standard InChI is InChI=1S/C14H24N2O/c1-5-12-7-6-9-16-14(12)13(15-3)11(2)8-10-17-4/h6-7,9,11,13,15H,5,8,10H2,1-4H3. The van der Waals surface area contributed by atoms with Crippen LogP contribution in [0.3, 0.4) is 0 Å². The van der Waals surface area contributed by atoms with E-state index in [9.17, 15) is 0 Å². The second-order valence-electron chi connectivity index (χ2n) is 4.43. The van der Waals surface area contributed by atoms with Gasteiger partial charge in [0.05, 0.1) is 11.7 Å². The monoisotopic (exact) mass is 236 g/mol. The minimum absolute atomic E-state index is 0.307. The smallest absolute Gasteiger partial charge is 0.0607 e. The van der Waals surface area contributed by atoms with E-state index in [0.717, 1.165) is 19.4 Å². The number of hydrogen-bond donors (Lipinski definition) is 1. The molecule has 1 aromatic heterocycles. The number of aromatic nitrogens is 1. The Bertz CT molecular complexity index is 328. The lowest BCUT2D eigenvalue weighted by molar-refractivity contribution is 0.170. The average molecular weight is 236 g/mol. The van der Waals surface area contributed by atoms with E-state index in [4.69, 9.17) is 4.74 Å². The van der Waals surface area contributed by atoms with E-state index < -0.39 is 0 Å². The van der Waals surface area contributed by atoms with Crippen molar-refractivity contribution in [3.8, 4) is 0 Å². The summed E-state index contributed by atoms with van der Waals surface area (Å²) in [5.41, 5.74) is 2.51. The Balaban J connectivity index is 2.84. The molecule has 1 heterocycles. The highest BCUT2D eigenvalue weighted by atomic mass is 16.5. The van der Waals surface area contributed by atoms with Gasteiger partial charge in [-0.2, -0.15) is 0 Å². The number of nitrogens with zero attached hydrogens (tertiary/aromatic N) is 1. The highest BCUT2D eigenvalue weighted by molar-refractivity contribution is 5.23. The quantitative estimate of drug-likeness (QED) is 0.790. The molecule has 2 unspecified atom stereocenters. The molecule has 0 aromatic carbocycles. The van der Waals surface area contributed by atoms with Gasteiger partial charge in [0.25, 0.3) is 0 Å². The number of rotatable bonds is 7. The fourth-order valence-corrected chi connectivity index (χ4v) is 2.19. The van der Waals surface area contributed by atoms with Crippen molar-refractivity contribution in [2.24, 2.45) is 5.92 Å². The first-order valence-corrected chi connectivity index (χ1v) is 6.34. The summed E-state index contributed by atoms with van der Waals surface area (Å²) in [7, 11) is 3.75. The molecule has 1 N–H and O–H groups in total. The van der Waals surface area contributed by atoms with Crippen LogP contribution in [-0.4, -0.2) is 25.7 Å². The fraction of sp³-hybridized carbons (Fsp3) is 0.643. The molecule has 96 valence electrons. The molecule has 0 radical (unpaired) electrons. The van der Waals surface area contributed by atoms with Gasteiger partial charge in [0.1, 0.15) is 0 Å². The van der Waals surface area contributed by atoms with Crippen LogP contribution in [-0.2, 0) is 11.2 Å². The third-order valence-electron chi connectivity index (χ3n) is 3.26. The molecule has 0 spiro atoms. The van der Waals surface area contributed by atoms with Crippen LogP contribution in [0.15, 0.2) is 18.3 Å². The lowest BCUT2D eigenvalue weighted by atomic mass is 9.92. The van der Waals surface area contributed by atoms with E-state index in [1.807, 2.05) is 19.3 Å². The minimum Gasteiger partial charge on any atom is -0.385 e. The molecule has 1 aromatic rings. The number of hydrogen-bond acceptors (Lipinski definition) is 3. The Hall–Kier alpha value is -0.930. The van der Waals surface area contributed by atoms with Gasteiger partial charge in [-0.3, -0.25) is 4.98 Å². The molecule has 17 heavy (non-hydrogen) atoms. The van der Waals surface area contributed by atoms with Crippen molar-refractivity contribution in [2.45, 2.75) is 32.7 Å². The molecular weight excluding hydrogens is 212 g/mol. The van der Waals surface area contributed by atoms with Crippen LogP contribution < -0.4 is 5.32 Å². The van der Waals surface area contributed by atoms with Gasteiger partial charge in [0, 0.05) is 19.9 Å². The number of methoxy groups -OCH3 is 1. The fourth-order valence-electron chi connectivity index (χ4n) is 2.19. The number of nitrogens with one attached hydrogen (secondary N) is 1. The number of aryl methyl sites for hydroxylation is 1. The summed E-state index contributed by atoms with van der Waals surface area (Å²) in [6.45, 7) is 5.22. The molecule has 0 aliphatic rings. The van der Waals surface area contributed by atoms with Crippen LogP contribution in [0, 0.1) is 5.92 Å². The maximum Gasteiger partial charge on any atom is 0.0607 e. The average Bonchev–Trinajstić information content (AvgIpc) is 2.37. The van der Waals surface area contributed by atoms with E-state index in [-0.39, 0.29) is 0 Å². The van der Waals surface area contributed by atoms with E-state index >= 15 is 0 Å². The predicted octanol–water partition coefficient (Wildman–Crippen LogP) is 2.58. The zero-order valence-electron chi connectivity index (χ0n) is 11.4. The molecule has 2 atom stereocenters. The van der Waals surface area contributed by atoms with Crippen LogP contribution in [0.25, 0.3) is 0 Å². The van der Waals surface area contributed by atoms with Gasteiger partial charge in [-0.25, -0.2) is 0 Å². The zero-order valence-corrected chi connectivity index (χ0v) is 11.4. The van der Waals surface area contributed by atoms with Crippen molar-refractivity contribution in [3.63, 3.8) is 0 Å². The molecule has 0 amide bonds. The van der Waals surface area contributed by atoms with Gasteiger partial charge in [-0.15, -0.1) is 0 Å². The molecule has 0 saturated carbocycles. The molecule has 1 rings (SSSR count). The largest absolute Gasteiger partial charge is 0.385 e. The van der Waals surface area contributed by atoms with Crippen LogP contribution >= 0.6 is 0 Å². The second kappa shape index (κ2) is 7.41. The van der Waals surface area contributed by atoms with Crippen molar-refractivity contribution in [1.29, 1.82) is 0 Å². The molecular formula is C14H24N2O. The second-order valence-corrected chi connectivity index (χ2v) is 4.43. The summed E-state index contributed by atoms with van der Waals surface area (Å²) >= 11 is 0. The van der Waals surface area contributed by atoms with E-state index in [1.54, 1.807) is 7.11 Å². The Kier molecular flexibility index (Phi) is 6.16. The predicted molar refractivity (Wildman–Crippen MR) is 71.1 cm³/mol. The molecule has 3 heteroatoms.